The molecule has 6 aromatic rings. The second-order valence-electron chi connectivity index (χ2n) is 19.2. The Bertz CT molecular complexity index is 2420. The van der Waals surface area contributed by atoms with Crippen molar-refractivity contribution in [3.63, 3.8) is 0 Å². The van der Waals surface area contributed by atoms with Crippen molar-refractivity contribution in [3.05, 3.63) is 162 Å². The predicted octanol–water partition coefficient (Wildman–Crippen LogP) is 14.6. The van der Waals surface area contributed by atoms with Crippen LogP contribution in [0.1, 0.15) is 94.9 Å². The monoisotopic (exact) mass is 715 g/mol. The summed E-state index contributed by atoms with van der Waals surface area (Å²) in [5, 5.41) is 0. The van der Waals surface area contributed by atoms with Crippen molar-refractivity contribution in [1.82, 2.24) is 0 Å². The molecule has 274 valence electrons. The van der Waals surface area contributed by atoms with Gasteiger partial charge in [0.1, 0.15) is 0 Å². The van der Waals surface area contributed by atoms with Gasteiger partial charge in [-0.25, -0.2) is 0 Å². The highest BCUT2D eigenvalue weighted by molar-refractivity contribution is 5.91. The van der Waals surface area contributed by atoms with E-state index in [1.54, 1.807) is 11.1 Å². The van der Waals surface area contributed by atoms with E-state index in [9.17, 15) is 0 Å². The fourth-order valence-corrected chi connectivity index (χ4v) is 12.8. The highest BCUT2D eigenvalue weighted by Gasteiger charge is 2.61. The lowest BCUT2D eigenvalue weighted by Crippen LogP contribution is -2.55. The lowest BCUT2D eigenvalue weighted by Gasteiger charge is -2.61. The van der Waals surface area contributed by atoms with Crippen LogP contribution >= 0.6 is 0 Å². The number of nitrogens with zero attached hydrogens (tertiary/aromatic N) is 1. The zero-order valence-electron chi connectivity index (χ0n) is 33.0. The average Bonchev–Trinajstić information content (AvgIpc) is 3.49. The average molecular weight is 716 g/mol. The number of anilines is 3. The van der Waals surface area contributed by atoms with Crippen molar-refractivity contribution in [2.75, 3.05) is 4.90 Å². The molecular formula is C54H53N. The van der Waals surface area contributed by atoms with Crippen molar-refractivity contribution in [1.29, 1.82) is 0 Å². The Balaban J connectivity index is 1.11. The van der Waals surface area contributed by atoms with Crippen LogP contribution in [0.2, 0.25) is 0 Å². The van der Waals surface area contributed by atoms with Gasteiger partial charge in [0.05, 0.1) is 5.69 Å². The number of hydrogen-bond acceptors (Lipinski definition) is 1. The van der Waals surface area contributed by atoms with Crippen molar-refractivity contribution >= 4 is 17.1 Å². The summed E-state index contributed by atoms with van der Waals surface area (Å²) in [6.45, 7) is 9.75. The molecule has 6 aliphatic rings. The molecule has 0 saturated heterocycles. The van der Waals surface area contributed by atoms with Gasteiger partial charge in [-0.05, 0) is 160 Å². The molecule has 12 rings (SSSR count). The fourth-order valence-electron chi connectivity index (χ4n) is 12.8. The maximum absolute atomic E-state index is 2.65. The molecular weight excluding hydrogens is 663 g/mol. The largest absolute Gasteiger partial charge is 0.310 e. The summed E-state index contributed by atoms with van der Waals surface area (Å²) in [6.07, 6.45) is 9.48. The predicted molar refractivity (Wildman–Crippen MR) is 231 cm³/mol. The van der Waals surface area contributed by atoms with E-state index in [0.29, 0.717) is 0 Å². The lowest BCUT2D eigenvalue weighted by molar-refractivity contribution is -0.0399. The Morgan fingerprint density at radius 3 is 1.71 bits per heavy atom. The van der Waals surface area contributed by atoms with Gasteiger partial charge in [0, 0.05) is 22.4 Å². The van der Waals surface area contributed by atoms with Crippen LogP contribution in [0, 0.1) is 23.7 Å². The molecule has 0 amide bonds. The van der Waals surface area contributed by atoms with E-state index in [2.05, 4.69) is 172 Å². The zero-order chi connectivity index (χ0) is 37.1. The fraction of sp³-hybridized carbons (Fsp3) is 0.333. The molecule has 0 atom stereocenters. The van der Waals surface area contributed by atoms with Crippen LogP contribution in [0.4, 0.5) is 17.1 Å². The van der Waals surface area contributed by atoms with E-state index in [0.717, 1.165) is 23.7 Å². The van der Waals surface area contributed by atoms with E-state index in [4.69, 9.17) is 0 Å². The molecule has 1 spiro atoms. The zero-order valence-corrected chi connectivity index (χ0v) is 33.0. The molecule has 1 nitrogen and oxygen atoms in total. The first-order chi connectivity index (χ1) is 26.7. The first kappa shape index (κ1) is 33.5. The molecule has 4 saturated carbocycles. The normalized spacial score (nSPS) is 26.0. The van der Waals surface area contributed by atoms with Gasteiger partial charge in [0.25, 0.3) is 0 Å². The van der Waals surface area contributed by atoms with Crippen LogP contribution in [0.25, 0.3) is 33.4 Å². The molecule has 0 unspecified atom stereocenters. The summed E-state index contributed by atoms with van der Waals surface area (Å²) >= 11 is 0. The van der Waals surface area contributed by atoms with Crippen molar-refractivity contribution in [3.8, 4) is 33.4 Å². The first-order valence-electron chi connectivity index (χ1n) is 21.2. The van der Waals surface area contributed by atoms with Crippen LogP contribution in [0.5, 0.6) is 0 Å². The molecule has 6 aliphatic carbocycles. The molecule has 0 aromatic heterocycles. The Morgan fingerprint density at radius 2 is 0.982 bits per heavy atom. The van der Waals surface area contributed by atoms with Crippen molar-refractivity contribution < 1.29 is 0 Å². The maximum atomic E-state index is 2.65. The van der Waals surface area contributed by atoms with Crippen molar-refractivity contribution in [2.45, 2.75) is 88.9 Å². The van der Waals surface area contributed by atoms with Gasteiger partial charge in [-0.1, -0.05) is 137 Å². The lowest BCUT2D eigenvalue weighted by atomic mass is 9.43. The number of fused-ring (bicyclic) bond motifs is 4. The van der Waals surface area contributed by atoms with Gasteiger partial charge < -0.3 is 4.90 Å². The number of benzene rings is 6. The molecule has 1 heteroatoms. The van der Waals surface area contributed by atoms with Crippen molar-refractivity contribution in [2.24, 2.45) is 23.7 Å². The van der Waals surface area contributed by atoms with Gasteiger partial charge in [0.15, 0.2) is 0 Å². The number of rotatable bonds is 5. The van der Waals surface area contributed by atoms with Gasteiger partial charge in [-0.2, -0.15) is 0 Å². The molecule has 0 aliphatic heterocycles. The van der Waals surface area contributed by atoms with Crippen LogP contribution < -0.4 is 4.90 Å². The van der Waals surface area contributed by atoms with Crippen LogP contribution in [0.15, 0.2) is 140 Å². The van der Waals surface area contributed by atoms with Crippen LogP contribution in [0.3, 0.4) is 0 Å². The Morgan fingerprint density at radius 1 is 0.418 bits per heavy atom. The summed E-state index contributed by atoms with van der Waals surface area (Å²) in [7, 11) is 0. The van der Waals surface area contributed by atoms with Gasteiger partial charge in [-0.15, -0.1) is 0 Å². The van der Waals surface area contributed by atoms with E-state index in [-0.39, 0.29) is 16.2 Å². The summed E-state index contributed by atoms with van der Waals surface area (Å²) < 4.78 is 0. The Hall–Kier alpha value is -4.88. The maximum Gasteiger partial charge on any atom is 0.0540 e. The highest BCUT2D eigenvalue weighted by atomic mass is 15.1. The molecule has 55 heavy (non-hydrogen) atoms. The minimum atomic E-state index is 0.120. The van der Waals surface area contributed by atoms with E-state index < -0.39 is 0 Å². The summed E-state index contributed by atoms with van der Waals surface area (Å²) in [5.41, 5.74) is 18.4. The highest BCUT2D eigenvalue weighted by Crippen LogP contribution is 2.69. The van der Waals surface area contributed by atoms with E-state index in [1.807, 2.05) is 0 Å². The molecule has 6 aromatic carbocycles. The SMILES string of the molecule is CC1(C)CCC(C)(C)c2cc(-c3ccccc3N(c3ccc(-c4ccccc4)cc3)c3ccc4c(c3)C3(c5ccccc5-4)C4CC5CC(C4)CC3C5)ccc21. The number of para-hydroxylation sites is 1. The number of hydrogen-bond donors (Lipinski definition) is 0. The topological polar surface area (TPSA) is 3.24 Å². The minimum Gasteiger partial charge on any atom is -0.310 e. The second-order valence-corrected chi connectivity index (χ2v) is 19.2. The molecule has 4 fully saturated rings. The second kappa shape index (κ2) is 12.1. The molecule has 0 heterocycles. The smallest absolute Gasteiger partial charge is 0.0540 e. The summed E-state index contributed by atoms with van der Waals surface area (Å²) in [6, 6.07) is 53.7. The molecule has 0 radical (unpaired) electrons. The Labute approximate surface area is 328 Å². The van der Waals surface area contributed by atoms with Gasteiger partial charge >= 0.3 is 0 Å². The molecule has 4 bridgehead atoms. The van der Waals surface area contributed by atoms with Crippen LogP contribution in [-0.4, -0.2) is 0 Å². The summed E-state index contributed by atoms with van der Waals surface area (Å²) in [5.74, 6) is 3.31. The van der Waals surface area contributed by atoms with Gasteiger partial charge in [0.2, 0.25) is 0 Å². The third kappa shape index (κ3) is 4.97. The van der Waals surface area contributed by atoms with E-state index in [1.165, 1.54) is 107 Å². The van der Waals surface area contributed by atoms with Crippen LogP contribution in [-0.2, 0) is 16.2 Å². The molecule has 0 N–H and O–H groups in total. The van der Waals surface area contributed by atoms with E-state index >= 15 is 0 Å². The third-order valence-corrected chi connectivity index (χ3v) is 15.3. The summed E-state index contributed by atoms with van der Waals surface area (Å²) in [4.78, 5) is 2.58. The first-order valence-corrected chi connectivity index (χ1v) is 21.2. The quantitative estimate of drug-likeness (QED) is 0.172. The Kier molecular flexibility index (Phi) is 7.34. The van der Waals surface area contributed by atoms with Gasteiger partial charge in [-0.3, -0.25) is 0 Å². The minimum absolute atomic E-state index is 0.120. The third-order valence-electron chi connectivity index (χ3n) is 15.3. The standard InChI is InChI=1S/C54H53N/c1-52(2)26-27-53(3,4)50-33-39(20-25-48(50)52)44-14-9-11-17-51(44)55(42-21-18-38(19-22-42)37-12-6-5-7-13-37)43-23-24-46-45-15-8-10-16-47(45)54(49(46)34-43)40-29-35-28-36(31-40)32-41(54)30-35/h5-25,33-36,40-41H,26-32H2,1-4H3.